The highest BCUT2D eigenvalue weighted by Gasteiger charge is 2.31. The Morgan fingerprint density at radius 3 is 2.00 bits per heavy atom. The van der Waals surface area contributed by atoms with Gasteiger partial charge in [-0.3, -0.25) is 9.59 Å². The van der Waals surface area contributed by atoms with Crippen LogP contribution in [0.25, 0.3) is 0 Å². The van der Waals surface area contributed by atoms with E-state index in [1.807, 2.05) is 60.7 Å². The number of hydrogen-bond donors (Lipinski definition) is 0. The van der Waals surface area contributed by atoms with Gasteiger partial charge in [0.2, 0.25) is 0 Å². The SMILES string of the molecule is O=C(OC(c1ccccc1)c1ccccc1)C1CCN(C(=O)c2ccoc2)CC1. The van der Waals surface area contributed by atoms with Crippen molar-refractivity contribution in [3.05, 3.63) is 95.9 Å². The number of piperidine rings is 1. The second-order valence-corrected chi connectivity index (χ2v) is 7.22. The Bertz CT molecular complexity index is 890. The lowest BCUT2D eigenvalue weighted by Gasteiger charge is -2.31. The van der Waals surface area contributed by atoms with Crippen molar-refractivity contribution in [1.82, 2.24) is 4.90 Å². The van der Waals surface area contributed by atoms with Gasteiger partial charge in [0, 0.05) is 13.1 Å². The zero-order valence-corrected chi connectivity index (χ0v) is 16.1. The van der Waals surface area contributed by atoms with E-state index in [2.05, 4.69) is 0 Å². The maximum atomic E-state index is 12.9. The van der Waals surface area contributed by atoms with Crippen LogP contribution in [0.3, 0.4) is 0 Å². The minimum Gasteiger partial charge on any atom is -0.472 e. The monoisotopic (exact) mass is 389 g/mol. The Morgan fingerprint density at radius 2 is 1.48 bits per heavy atom. The summed E-state index contributed by atoms with van der Waals surface area (Å²) in [5.74, 6) is -0.478. The van der Waals surface area contributed by atoms with E-state index in [1.165, 1.54) is 12.5 Å². The normalized spacial score (nSPS) is 14.7. The lowest BCUT2D eigenvalue weighted by Crippen LogP contribution is -2.40. The van der Waals surface area contributed by atoms with Crippen LogP contribution in [-0.4, -0.2) is 29.9 Å². The molecule has 1 saturated heterocycles. The van der Waals surface area contributed by atoms with E-state index in [4.69, 9.17) is 9.15 Å². The molecule has 0 unspecified atom stereocenters. The summed E-state index contributed by atoms with van der Waals surface area (Å²) in [5.41, 5.74) is 2.43. The first kappa shape index (κ1) is 19.0. The first-order chi connectivity index (χ1) is 14.2. The number of hydrogen-bond acceptors (Lipinski definition) is 4. The number of furan rings is 1. The molecule has 0 radical (unpaired) electrons. The van der Waals surface area contributed by atoms with Crippen LogP contribution in [0.1, 0.15) is 40.4 Å². The molecule has 148 valence electrons. The van der Waals surface area contributed by atoms with Gasteiger partial charge in [-0.2, -0.15) is 0 Å². The van der Waals surface area contributed by atoms with E-state index >= 15 is 0 Å². The Balaban J connectivity index is 1.42. The van der Waals surface area contributed by atoms with Gasteiger partial charge < -0.3 is 14.1 Å². The summed E-state index contributed by atoms with van der Waals surface area (Å²) in [6.07, 6.45) is 3.70. The third-order valence-electron chi connectivity index (χ3n) is 5.32. The van der Waals surface area contributed by atoms with Crippen LogP contribution in [0, 0.1) is 5.92 Å². The van der Waals surface area contributed by atoms with Gasteiger partial charge in [0.1, 0.15) is 6.26 Å². The largest absolute Gasteiger partial charge is 0.472 e. The van der Waals surface area contributed by atoms with Gasteiger partial charge in [-0.1, -0.05) is 60.7 Å². The summed E-state index contributed by atoms with van der Waals surface area (Å²) in [6.45, 7) is 1.07. The van der Waals surface area contributed by atoms with Crippen LogP contribution in [0.15, 0.2) is 83.7 Å². The maximum absolute atomic E-state index is 12.9. The summed E-state index contributed by atoms with van der Waals surface area (Å²) in [7, 11) is 0. The molecule has 0 spiro atoms. The van der Waals surface area contributed by atoms with Crippen LogP contribution < -0.4 is 0 Å². The molecular weight excluding hydrogens is 366 g/mol. The number of carbonyl (C=O) groups excluding carboxylic acids is 2. The zero-order chi connectivity index (χ0) is 20.1. The molecule has 1 amide bonds. The third kappa shape index (κ3) is 4.40. The molecule has 0 N–H and O–H groups in total. The number of likely N-dealkylation sites (tertiary alicyclic amines) is 1. The maximum Gasteiger partial charge on any atom is 0.310 e. The van der Waals surface area contributed by atoms with Crippen molar-refractivity contribution in [2.75, 3.05) is 13.1 Å². The first-order valence-electron chi connectivity index (χ1n) is 9.84. The number of benzene rings is 2. The molecule has 1 aromatic heterocycles. The number of rotatable bonds is 5. The van der Waals surface area contributed by atoms with Gasteiger partial charge in [-0.05, 0) is 30.0 Å². The molecular formula is C24H23NO4. The predicted octanol–water partition coefficient (Wildman–Crippen LogP) is 4.46. The highest BCUT2D eigenvalue weighted by Crippen LogP contribution is 2.29. The van der Waals surface area contributed by atoms with Crippen LogP contribution in [0.5, 0.6) is 0 Å². The van der Waals surface area contributed by atoms with E-state index in [-0.39, 0.29) is 17.8 Å². The Morgan fingerprint density at radius 1 is 0.897 bits per heavy atom. The highest BCUT2D eigenvalue weighted by molar-refractivity contribution is 5.94. The van der Waals surface area contributed by atoms with E-state index in [0.717, 1.165) is 11.1 Å². The second-order valence-electron chi connectivity index (χ2n) is 7.22. The number of ether oxygens (including phenoxy) is 1. The smallest absolute Gasteiger partial charge is 0.310 e. The minimum atomic E-state index is -0.435. The lowest BCUT2D eigenvalue weighted by molar-refractivity contribution is -0.154. The first-order valence-corrected chi connectivity index (χ1v) is 9.84. The molecule has 2 heterocycles. The fourth-order valence-corrected chi connectivity index (χ4v) is 3.68. The van der Waals surface area contributed by atoms with Crippen molar-refractivity contribution in [2.45, 2.75) is 18.9 Å². The quantitative estimate of drug-likeness (QED) is 0.605. The summed E-state index contributed by atoms with van der Waals surface area (Å²) in [6, 6.07) is 21.2. The molecule has 2 aromatic carbocycles. The van der Waals surface area contributed by atoms with Crippen LogP contribution in [0.2, 0.25) is 0 Å². The number of carbonyl (C=O) groups is 2. The summed E-state index contributed by atoms with van der Waals surface area (Å²) in [5, 5.41) is 0. The van der Waals surface area contributed by atoms with Crippen molar-refractivity contribution in [3.63, 3.8) is 0 Å². The van der Waals surface area contributed by atoms with Crippen molar-refractivity contribution in [3.8, 4) is 0 Å². The van der Waals surface area contributed by atoms with Crippen molar-refractivity contribution in [1.29, 1.82) is 0 Å². The summed E-state index contributed by atoms with van der Waals surface area (Å²) in [4.78, 5) is 27.1. The van der Waals surface area contributed by atoms with Crippen LogP contribution >= 0.6 is 0 Å². The fraction of sp³-hybridized carbons (Fsp3) is 0.250. The molecule has 1 aliphatic rings. The van der Waals surface area contributed by atoms with Crippen LogP contribution in [-0.2, 0) is 9.53 Å². The highest BCUT2D eigenvalue weighted by atomic mass is 16.5. The zero-order valence-electron chi connectivity index (χ0n) is 16.1. The number of amides is 1. The van der Waals surface area contributed by atoms with Crippen LogP contribution in [0.4, 0.5) is 0 Å². The molecule has 0 aliphatic carbocycles. The van der Waals surface area contributed by atoms with E-state index in [9.17, 15) is 9.59 Å². The minimum absolute atomic E-state index is 0.0583. The van der Waals surface area contributed by atoms with Gasteiger partial charge in [0.05, 0.1) is 17.7 Å². The number of esters is 1. The molecule has 4 rings (SSSR count). The second kappa shape index (κ2) is 8.78. The van der Waals surface area contributed by atoms with Crippen molar-refractivity contribution < 1.29 is 18.7 Å². The topological polar surface area (TPSA) is 59.8 Å². The molecule has 5 nitrogen and oxygen atoms in total. The molecule has 0 atom stereocenters. The molecule has 0 saturated carbocycles. The molecule has 5 heteroatoms. The van der Waals surface area contributed by atoms with Gasteiger partial charge in [-0.25, -0.2) is 0 Å². The van der Waals surface area contributed by atoms with Crippen molar-refractivity contribution in [2.24, 2.45) is 5.92 Å². The average Bonchev–Trinajstić information content (AvgIpc) is 3.33. The Hall–Kier alpha value is -3.34. The molecule has 3 aromatic rings. The fourth-order valence-electron chi connectivity index (χ4n) is 3.68. The van der Waals surface area contributed by atoms with E-state index in [0.29, 0.717) is 31.5 Å². The standard InChI is InChI=1S/C24H23NO4/c26-23(21-13-16-28-17-21)25-14-11-20(12-15-25)24(27)29-22(18-7-3-1-4-8-18)19-9-5-2-6-10-19/h1-10,13,16-17,20,22H,11-12,14-15H2. The van der Waals surface area contributed by atoms with Gasteiger partial charge in [-0.15, -0.1) is 0 Å². The molecule has 29 heavy (non-hydrogen) atoms. The number of nitrogens with zero attached hydrogens (tertiary/aromatic N) is 1. The summed E-state index contributed by atoms with van der Waals surface area (Å²) >= 11 is 0. The van der Waals surface area contributed by atoms with Gasteiger partial charge in [0.25, 0.3) is 5.91 Å². The third-order valence-corrected chi connectivity index (χ3v) is 5.32. The van der Waals surface area contributed by atoms with Gasteiger partial charge >= 0.3 is 5.97 Å². The molecule has 1 fully saturated rings. The van der Waals surface area contributed by atoms with Crippen molar-refractivity contribution >= 4 is 11.9 Å². The van der Waals surface area contributed by atoms with Gasteiger partial charge in [0.15, 0.2) is 6.10 Å². The Kier molecular flexibility index (Phi) is 5.75. The molecule has 0 bridgehead atoms. The lowest BCUT2D eigenvalue weighted by atomic mass is 9.96. The van der Waals surface area contributed by atoms with E-state index in [1.54, 1.807) is 11.0 Å². The van der Waals surface area contributed by atoms with E-state index < -0.39 is 6.10 Å². The summed E-state index contributed by atoms with van der Waals surface area (Å²) < 4.78 is 11.0. The predicted molar refractivity (Wildman–Crippen MR) is 108 cm³/mol. The average molecular weight is 389 g/mol. The Labute approximate surface area is 169 Å². The molecule has 1 aliphatic heterocycles.